The van der Waals surface area contributed by atoms with E-state index in [4.69, 9.17) is 5.11 Å². The van der Waals surface area contributed by atoms with Gasteiger partial charge in [-0.3, -0.25) is 0 Å². The van der Waals surface area contributed by atoms with Gasteiger partial charge in [0.25, 0.3) is 0 Å². The van der Waals surface area contributed by atoms with Crippen LogP contribution in [0.25, 0.3) is 0 Å². The Morgan fingerprint density at radius 2 is 1.53 bits per heavy atom. The van der Waals surface area contributed by atoms with E-state index in [1.54, 1.807) is 0 Å². The van der Waals surface area contributed by atoms with Crippen LogP contribution in [0.3, 0.4) is 0 Å². The second kappa shape index (κ2) is 9.94. The van der Waals surface area contributed by atoms with Crippen molar-refractivity contribution in [3.63, 3.8) is 0 Å². The number of hydrogen-bond acceptors (Lipinski definition) is 1. The molecule has 0 aromatic rings. The van der Waals surface area contributed by atoms with Gasteiger partial charge >= 0.3 is 5.97 Å². The van der Waals surface area contributed by atoms with Gasteiger partial charge in [0, 0.05) is 0 Å². The van der Waals surface area contributed by atoms with Gasteiger partial charge in [-0.05, 0) is 12.8 Å². The van der Waals surface area contributed by atoms with E-state index in [1.165, 1.54) is 32.1 Å². The van der Waals surface area contributed by atoms with Crippen LogP contribution in [0.5, 0.6) is 0 Å². The minimum atomic E-state index is -1.66. The number of hydrogen-bond donors (Lipinski definition) is 1. The second-order valence-electron chi connectivity index (χ2n) is 4.07. The summed E-state index contributed by atoms with van der Waals surface area (Å²) in [5.41, 5.74) is 0. The number of unbranched alkanes of at least 4 members (excludes halogenated alkanes) is 7. The van der Waals surface area contributed by atoms with E-state index >= 15 is 0 Å². The first-order valence-electron chi connectivity index (χ1n) is 6.05. The van der Waals surface area contributed by atoms with Gasteiger partial charge in [-0.2, -0.15) is 0 Å². The topological polar surface area (TPSA) is 37.3 Å². The van der Waals surface area contributed by atoms with E-state index in [0.29, 0.717) is 6.42 Å². The van der Waals surface area contributed by atoms with E-state index in [2.05, 4.69) is 6.92 Å². The molecule has 0 heterocycles. The Hall–Kier alpha value is -0.600. The van der Waals surface area contributed by atoms with Gasteiger partial charge in [0.1, 0.15) is 0 Å². The van der Waals surface area contributed by atoms with Crippen molar-refractivity contribution in [1.29, 1.82) is 0 Å². The zero-order valence-corrected chi connectivity index (χ0v) is 9.67. The molecule has 0 rings (SSSR count). The Morgan fingerprint density at radius 1 is 1.07 bits per heavy atom. The van der Waals surface area contributed by atoms with Crippen molar-refractivity contribution in [2.45, 2.75) is 70.9 Å². The maximum absolute atomic E-state index is 12.6. The Balaban J connectivity index is 3.08. The molecule has 2 nitrogen and oxygen atoms in total. The Labute approximate surface area is 91.9 Å². The summed E-state index contributed by atoms with van der Waals surface area (Å²) in [5, 5.41) is 8.31. The molecule has 0 amide bonds. The molecular weight excluding hydrogens is 195 g/mol. The Morgan fingerprint density at radius 3 is 2.00 bits per heavy atom. The monoisotopic (exact) mass is 218 g/mol. The molecule has 1 unspecified atom stereocenters. The van der Waals surface area contributed by atoms with E-state index in [1.807, 2.05) is 0 Å². The summed E-state index contributed by atoms with van der Waals surface area (Å²) in [7, 11) is 0. The molecule has 3 heteroatoms. The van der Waals surface area contributed by atoms with Crippen LogP contribution in [0.1, 0.15) is 64.7 Å². The second-order valence-corrected chi connectivity index (χ2v) is 4.07. The smallest absolute Gasteiger partial charge is 0.338 e. The van der Waals surface area contributed by atoms with Crippen molar-refractivity contribution in [2.24, 2.45) is 0 Å². The third-order valence-electron chi connectivity index (χ3n) is 2.58. The van der Waals surface area contributed by atoms with Gasteiger partial charge in [-0.25, -0.2) is 9.18 Å². The number of carboxylic acids is 1. The Kier molecular flexibility index (Phi) is 9.54. The summed E-state index contributed by atoms with van der Waals surface area (Å²) in [6.07, 6.45) is 7.56. The highest BCUT2D eigenvalue weighted by molar-refractivity contribution is 5.71. The molecule has 0 bridgehead atoms. The number of rotatable bonds is 10. The molecule has 0 fully saturated rings. The average molecular weight is 218 g/mol. The molecule has 0 aliphatic carbocycles. The summed E-state index contributed by atoms with van der Waals surface area (Å²) >= 11 is 0. The summed E-state index contributed by atoms with van der Waals surface area (Å²) in [6, 6.07) is 0. The number of aliphatic carboxylic acids is 1. The first kappa shape index (κ1) is 14.4. The van der Waals surface area contributed by atoms with Crippen LogP contribution in [0.2, 0.25) is 0 Å². The van der Waals surface area contributed by atoms with Gasteiger partial charge in [-0.15, -0.1) is 0 Å². The van der Waals surface area contributed by atoms with E-state index in [9.17, 15) is 9.18 Å². The Bertz CT molecular complexity index is 160. The fourth-order valence-electron chi connectivity index (χ4n) is 1.58. The SMILES string of the molecule is CCCCCCCCCCC(F)C(=O)O. The molecule has 0 saturated carbocycles. The van der Waals surface area contributed by atoms with Crippen molar-refractivity contribution in [3.05, 3.63) is 0 Å². The highest BCUT2D eigenvalue weighted by Gasteiger charge is 2.13. The molecule has 0 spiro atoms. The van der Waals surface area contributed by atoms with E-state index in [-0.39, 0.29) is 6.42 Å². The zero-order valence-electron chi connectivity index (χ0n) is 9.67. The van der Waals surface area contributed by atoms with Crippen molar-refractivity contribution in [3.8, 4) is 0 Å². The fraction of sp³-hybridized carbons (Fsp3) is 0.917. The summed E-state index contributed by atoms with van der Waals surface area (Å²) < 4.78 is 12.6. The number of carboxylic acid groups (broad SMARTS) is 1. The molecule has 0 aromatic carbocycles. The lowest BCUT2D eigenvalue weighted by molar-refractivity contribution is -0.143. The van der Waals surface area contributed by atoms with Gasteiger partial charge in [0.05, 0.1) is 0 Å². The standard InChI is InChI=1S/C12H23FO2/c1-2-3-4-5-6-7-8-9-10-11(13)12(14)15/h11H,2-10H2,1H3,(H,14,15). The third-order valence-corrected chi connectivity index (χ3v) is 2.58. The zero-order chi connectivity index (χ0) is 11.5. The van der Waals surface area contributed by atoms with Gasteiger partial charge < -0.3 is 5.11 Å². The van der Waals surface area contributed by atoms with Crippen LogP contribution in [0, 0.1) is 0 Å². The lowest BCUT2D eigenvalue weighted by Crippen LogP contribution is -2.13. The van der Waals surface area contributed by atoms with Crippen LogP contribution in [-0.4, -0.2) is 17.2 Å². The van der Waals surface area contributed by atoms with Gasteiger partial charge in [-0.1, -0.05) is 51.9 Å². The van der Waals surface area contributed by atoms with Crippen LogP contribution < -0.4 is 0 Å². The molecule has 0 aromatic heterocycles. The first-order chi connectivity index (χ1) is 7.18. The predicted molar refractivity (Wildman–Crippen MR) is 59.8 cm³/mol. The van der Waals surface area contributed by atoms with Crippen molar-refractivity contribution >= 4 is 5.97 Å². The predicted octanol–water partition coefficient (Wildman–Crippen LogP) is 3.94. The molecule has 0 aliphatic heterocycles. The minimum Gasteiger partial charge on any atom is -0.479 e. The average Bonchev–Trinajstić information content (AvgIpc) is 2.21. The molecule has 1 atom stereocenters. The highest BCUT2D eigenvalue weighted by atomic mass is 19.1. The van der Waals surface area contributed by atoms with Gasteiger partial charge in [0.2, 0.25) is 0 Å². The largest absolute Gasteiger partial charge is 0.479 e. The van der Waals surface area contributed by atoms with Gasteiger partial charge in [0.15, 0.2) is 6.17 Å². The molecule has 0 saturated heterocycles. The number of carbonyl (C=O) groups is 1. The quantitative estimate of drug-likeness (QED) is 0.564. The normalized spacial score (nSPS) is 12.7. The van der Waals surface area contributed by atoms with Crippen LogP contribution >= 0.6 is 0 Å². The first-order valence-corrected chi connectivity index (χ1v) is 6.05. The minimum absolute atomic E-state index is 0.171. The van der Waals surface area contributed by atoms with Crippen molar-refractivity contribution in [2.75, 3.05) is 0 Å². The molecule has 1 N–H and O–H groups in total. The lowest BCUT2D eigenvalue weighted by Gasteiger charge is -2.03. The molecule has 0 aliphatic rings. The summed E-state index contributed by atoms with van der Waals surface area (Å²) in [5.74, 6) is -1.32. The summed E-state index contributed by atoms with van der Waals surface area (Å²) in [4.78, 5) is 10.2. The van der Waals surface area contributed by atoms with E-state index in [0.717, 1.165) is 12.8 Å². The molecule has 15 heavy (non-hydrogen) atoms. The van der Waals surface area contributed by atoms with E-state index < -0.39 is 12.1 Å². The third kappa shape index (κ3) is 9.70. The number of alkyl halides is 1. The highest BCUT2D eigenvalue weighted by Crippen LogP contribution is 2.11. The maximum Gasteiger partial charge on any atom is 0.338 e. The molecule has 90 valence electrons. The van der Waals surface area contributed by atoms with Crippen molar-refractivity contribution < 1.29 is 14.3 Å². The fourth-order valence-corrected chi connectivity index (χ4v) is 1.58. The molecular formula is C12H23FO2. The lowest BCUT2D eigenvalue weighted by atomic mass is 10.1. The summed E-state index contributed by atoms with van der Waals surface area (Å²) in [6.45, 7) is 2.19. The van der Waals surface area contributed by atoms with Crippen LogP contribution in [-0.2, 0) is 4.79 Å². The van der Waals surface area contributed by atoms with Crippen molar-refractivity contribution in [1.82, 2.24) is 0 Å². The van der Waals surface area contributed by atoms with Crippen LogP contribution in [0.4, 0.5) is 4.39 Å². The maximum atomic E-state index is 12.6. The molecule has 0 radical (unpaired) electrons. The van der Waals surface area contributed by atoms with Crippen LogP contribution in [0.15, 0.2) is 0 Å². The number of halogens is 1.